The van der Waals surface area contributed by atoms with E-state index in [2.05, 4.69) is 19.9 Å². The standard InChI is InChI=1S/C27H29N5O4S/c1-20-6-12-23(13-7-20)37(34,35)30-25(18-32-19-28-24-4-2-3-5-26(24)32)27(33)29-21-8-10-22(11-9-21)31-14-16-36-17-15-31/h2-13,19,25,30H,14-18H2,1H3,(H,29,33). The molecule has 4 aromatic rings. The van der Waals surface area contributed by atoms with Crippen LogP contribution in [0.25, 0.3) is 11.0 Å². The molecule has 1 aromatic heterocycles. The number of nitrogens with zero attached hydrogens (tertiary/aromatic N) is 3. The number of aryl methyl sites for hydroxylation is 1. The van der Waals surface area contributed by atoms with Crippen molar-refractivity contribution in [2.24, 2.45) is 0 Å². The molecule has 1 amide bonds. The monoisotopic (exact) mass is 519 g/mol. The third kappa shape index (κ3) is 5.82. The lowest BCUT2D eigenvalue weighted by molar-refractivity contribution is -0.118. The van der Waals surface area contributed by atoms with Gasteiger partial charge in [0, 0.05) is 31.0 Å². The van der Waals surface area contributed by atoms with Gasteiger partial charge in [-0.2, -0.15) is 4.72 Å². The number of hydrogen-bond acceptors (Lipinski definition) is 6. The minimum atomic E-state index is -3.95. The second-order valence-corrected chi connectivity index (χ2v) is 10.7. The predicted octanol–water partition coefficient (Wildman–Crippen LogP) is 3.17. The maximum atomic E-state index is 13.4. The molecule has 9 nitrogen and oxygen atoms in total. The third-order valence-corrected chi connectivity index (χ3v) is 7.85. The van der Waals surface area contributed by atoms with Crippen molar-refractivity contribution >= 4 is 38.3 Å². The Labute approximate surface area is 216 Å². The molecule has 1 fully saturated rings. The first kappa shape index (κ1) is 24.9. The van der Waals surface area contributed by atoms with Crippen LogP contribution >= 0.6 is 0 Å². The molecular formula is C27H29N5O4S. The van der Waals surface area contributed by atoms with Crippen molar-refractivity contribution in [1.29, 1.82) is 0 Å². The molecule has 0 saturated carbocycles. The van der Waals surface area contributed by atoms with Gasteiger partial charge in [-0.1, -0.05) is 29.8 Å². The maximum absolute atomic E-state index is 13.4. The molecule has 1 unspecified atom stereocenters. The Morgan fingerprint density at radius 3 is 2.43 bits per heavy atom. The molecule has 10 heteroatoms. The Bertz CT molecular complexity index is 1480. The molecule has 3 aromatic carbocycles. The summed E-state index contributed by atoms with van der Waals surface area (Å²) in [5.41, 5.74) is 4.14. The summed E-state index contributed by atoms with van der Waals surface area (Å²) in [6.07, 6.45) is 1.61. The van der Waals surface area contributed by atoms with E-state index in [0.717, 1.165) is 35.4 Å². The number of carbonyl (C=O) groups is 1. The first-order chi connectivity index (χ1) is 17.9. The number of aromatic nitrogens is 2. The summed E-state index contributed by atoms with van der Waals surface area (Å²) < 4.78 is 36.2. The number of imidazole rings is 1. The molecule has 5 rings (SSSR count). The minimum Gasteiger partial charge on any atom is -0.378 e. The van der Waals surface area contributed by atoms with Gasteiger partial charge in [0.1, 0.15) is 6.04 Å². The summed E-state index contributed by atoms with van der Waals surface area (Å²) in [6.45, 7) is 4.95. The average Bonchev–Trinajstić information content (AvgIpc) is 3.32. The molecule has 1 aliphatic rings. The lowest BCUT2D eigenvalue weighted by Crippen LogP contribution is -2.46. The molecule has 0 spiro atoms. The van der Waals surface area contributed by atoms with Gasteiger partial charge in [0.15, 0.2) is 0 Å². The van der Waals surface area contributed by atoms with Crippen molar-refractivity contribution in [3.63, 3.8) is 0 Å². The average molecular weight is 520 g/mol. The van der Waals surface area contributed by atoms with Gasteiger partial charge in [-0.3, -0.25) is 4.79 Å². The molecule has 2 N–H and O–H groups in total. The van der Waals surface area contributed by atoms with Crippen molar-refractivity contribution in [3.05, 3.63) is 84.7 Å². The van der Waals surface area contributed by atoms with E-state index in [-0.39, 0.29) is 11.4 Å². The van der Waals surface area contributed by atoms with Crippen molar-refractivity contribution in [2.45, 2.75) is 24.4 Å². The van der Waals surface area contributed by atoms with Crippen LogP contribution in [0.5, 0.6) is 0 Å². The number of hydrogen-bond donors (Lipinski definition) is 2. The smallest absolute Gasteiger partial charge is 0.244 e. The van der Waals surface area contributed by atoms with Crippen LogP contribution in [0.2, 0.25) is 0 Å². The number of anilines is 2. The number of ether oxygens (including phenoxy) is 1. The number of benzene rings is 3. The van der Waals surface area contributed by atoms with E-state index < -0.39 is 22.0 Å². The lowest BCUT2D eigenvalue weighted by Gasteiger charge is -2.29. The second-order valence-electron chi connectivity index (χ2n) is 9.01. The normalized spacial score (nSPS) is 15.0. The highest BCUT2D eigenvalue weighted by atomic mass is 32.2. The van der Waals surface area contributed by atoms with Gasteiger partial charge in [0.05, 0.1) is 35.5 Å². The first-order valence-corrected chi connectivity index (χ1v) is 13.6. The summed E-state index contributed by atoms with van der Waals surface area (Å²) in [4.78, 5) is 20.1. The number of fused-ring (bicyclic) bond motifs is 1. The fourth-order valence-electron chi connectivity index (χ4n) is 4.31. The Balaban J connectivity index is 1.38. The summed E-state index contributed by atoms with van der Waals surface area (Å²) in [5, 5.41) is 2.87. The number of morpholine rings is 1. The molecule has 1 aliphatic heterocycles. The van der Waals surface area contributed by atoms with Crippen molar-refractivity contribution in [1.82, 2.24) is 14.3 Å². The number of rotatable bonds is 8. The predicted molar refractivity (Wildman–Crippen MR) is 143 cm³/mol. The highest BCUT2D eigenvalue weighted by molar-refractivity contribution is 7.89. The summed E-state index contributed by atoms with van der Waals surface area (Å²) in [6, 6.07) is 20.5. The van der Waals surface area contributed by atoms with Gasteiger partial charge in [-0.25, -0.2) is 13.4 Å². The zero-order valence-electron chi connectivity index (χ0n) is 20.5. The zero-order chi connectivity index (χ0) is 25.8. The summed E-state index contributed by atoms with van der Waals surface area (Å²) in [7, 11) is -3.95. The highest BCUT2D eigenvalue weighted by Gasteiger charge is 2.27. The van der Waals surface area contributed by atoms with Gasteiger partial charge in [-0.05, 0) is 55.5 Å². The Kier molecular flexibility index (Phi) is 7.22. The Morgan fingerprint density at radius 2 is 1.70 bits per heavy atom. The van der Waals surface area contributed by atoms with Crippen molar-refractivity contribution < 1.29 is 17.9 Å². The number of sulfonamides is 1. The molecule has 0 bridgehead atoms. The molecule has 1 saturated heterocycles. The van der Waals surface area contributed by atoms with E-state index >= 15 is 0 Å². The molecule has 37 heavy (non-hydrogen) atoms. The molecule has 1 atom stereocenters. The molecule has 0 radical (unpaired) electrons. The number of para-hydroxylation sites is 2. The van der Waals surface area contributed by atoms with E-state index in [1.165, 1.54) is 12.1 Å². The molecule has 2 heterocycles. The summed E-state index contributed by atoms with van der Waals surface area (Å²) in [5.74, 6) is -0.465. The number of nitrogens with one attached hydrogen (secondary N) is 2. The van der Waals surface area contributed by atoms with Gasteiger partial charge < -0.3 is 19.5 Å². The molecule has 192 valence electrons. The van der Waals surface area contributed by atoms with Gasteiger partial charge in [-0.15, -0.1) is 0 Å². The van der Waals surface area contributed by atoms with Crippen LogP contribution in [0.3, 0.4) is 0 Å². The summed E-state index contributed by atoms with van der Waals surface area (Å²) >= 11 is 0. The quantitative estimate of drug-likeness (QED) is 0.371. The van der Waals surface area contributed by atoms with Crippen LogP contribution in [0.1, 0.15) is 5.56 Å². The lowest BCUT2D eigenvalue weighted by atomic mass is 10.2. The van der Waals surface area contributed by atoms with E-state index in [1.54, 1.807) is 23.0 Å². The second kappa shape index (κ2) is 10.7. The van der Waals surface area contributed by atoms with E-state index in [1.807, 2.05) is 55.5 Å². The van der Waals surface area contributed by atoms with E-state index in [9.17, 15) is 13.2 Å². The van der Waals surface area contributed by atoms with Crippen molar-refractivity contribution in [2.75, 3.05) is 36.5 Å². The van der Waals surface area contributed by atoms with Crippen LogP contribution in [0, 0.1) is 6.92 Å². The fourth-order valence-corrected chi connectivity index (χ4v) is 5.49. The number of carbonyl (C=O) groups excluding carboxylic acids is 1. The third-order valence-electron chi connectivity index (χ3n) is 6.36. The van der Waals surface area contributed by atoms with Gasteiger partial charge in [0.25, 0.3) is 0 Å². The van der Waals surface area contributed by atoms with Gasteiger partial charge in [0.2, 0.25) is 15.9 Å². The van der Waals surface area contributed by atoms with Crippen LogP contribution in [0.15, 0.2) is 84.0 Å². The van der Waals surface area contributed by atoms with Crippen LogP contribution in [-0.4, -0.2) is 56.2 Å². The van der Waals surface area contributed by atoms with Crippen LogP contribution in [0.4, 0.5) is 11.4 Å². The Morgan fingerprint density at radius 1 is 1.00 bits per heavy atom. The van der Waals surface area contributed by atoms with Crippen LogP contribution in [-0.2, 0) is 26.1 Å². The zero-order valence-corrected chi connectivity index (χ0v) is 21.3. The van der Waals surface area contributed by atoms with Crippen LogP contribution < -0.4 is 14.9 Å². The molecular weight excluding hydrogens is 490 g/mol. The van der Waals surface area contributed by atoms with E-state index in [4.69, 9.17) is 4.74 Å². The first-order valence-electron chi connectivity index (χ1n) is 12.1. The molecule has 0 aliphatic carbocycles. The fraction of sp³-hybridized carbons (Fsp3) is 0.259. The number of amides is 1. The maximum Gasteiger partial charge on any atom is 0.244 e. The van der Waals surface area contributed by atoms with E-state index in [0.29, 0.717) is 18.9 Å². The topological polar surface area (TPSA) is 106 Å². The Hall–Kier alpha value is -3.73. The minimum absolute atomic E-state index is 0.0727. The largest absolute Gasteiger partial charge is 0.378 e. The van der Waals surface area contributed by atoms with Gasteiger partial charge >= 0.3 is 0 Å². The SMILES string of the molecule is Cc1ccc(S(=O)(=O)NC(Cn2cnc3ccccc32)C(=O)Nc2ccc(N3CCOCC3)cc2)cc1. The highest BCUT2D eigenvalue weighted by Crippen LogP contribution is 2.20. The van der Waals surface area contributed by atoms with Crippen molar-refractivity contribution in [3.8, 4) is 0 Å².